The van der Waals surface area contributed by atoms with E-state index < -0.39 is 22.3 Å². The number of ether oxygens (including phenoxy) is 1. The Labute approximate surface area is 110 Å². The van der Waals surface area contributed by atoms with Gasteiger partial charge in [0.1, 0.15) is 6.61 Å². The molecule has 0 fully saturated rings. The molecule has 8 heteroatoms. The van der Waals surface area contributed by atoms with Gasteiger partial charge >= 0.3 is 6.98 Å². The smallest absolute Gasteiger partial charge is 0.496 e. The highest BCUT2D eigenvalue weighted by molar-refractivity contribution is 7.91. The number of sulfone groups is 1. The summed E-state index contributed by atoms with van der Waals surface area (Å²) in [5, 5.41) is 0. The van der Waals surface area contributed by atoms with Crippen LogP contribution in [0.4, 0.5) is 12.9 Å². The standard InChI is InChI=1S/C11H15BF3O3S/c1-3-19(16,17)7-6-18-11-5-4-9(2)8-10(11)12(13,14)15/h4-5,8H,3,6-7H2,1-2H3/q-1. The number of aryl methyl sites for hydroxylation is 1. The average molecular weight is 295 g/mol. The number of halogens is 3. The summed E-state index contributed by atoms with van der Waals surface area (Å²) in [7, 11) is -3.25. The second kappa shape index (κ2) is 5.86. The molecule has 0 spiro atoms. The highest BCUT2D eigenvalue weighted by atomic mass is 32.2. The Balaban J connectivity index is 2.85. The second-order valence-corrected chi connectivity index (χ2v) is 6.67. The fourth-order valence-corrected chi connectivity index (χ4v) is 2.10. The summed E-state index contributed by atoms with van der Waals surface area (Å²) < 4.78 is 65.9. The van der Waals surface area contributed by atoms with E-state index in [4.69, 9.17) is 4.74 Å². The van der Waals surface area contributed by atoms with Gasteiger partial charge in [-0.1, -0.05) is 30.1 Å². The fraction of sp³-hybridized carbons (Fsp3) is 0.455. The van der Waals surface area contributed by atoms with Gasteiger partial charge in [-0.05, 0) is 13.0 Å². The molecule has 3 nitrogen and oxygen atoms in total. The molecule has 0 atom stereocenters. The van der Waals surface area contributed by atoms with Crippen molar-refractivity contribution in [3.8, 4) is 5.75 Å². The van der Waals surface area contributed by atoms with Gasteiger partial charge in [-0.15, -0.1) is 0 Å². The van der Waals surface area contributed by atoms with Crippen molar-refractivity contribution in [1.82, 2.24) is 0 Å². The Morgan fingerprint density at radius 1 is 1.26 bits per heavy atom. The first-order valence-electron chi connectivity index (χ1n) is 5.79. The van der Waals surface area contributed by atoms with Crippen molar-refractivity contribution in [1.29, 1.82) is 0 Å². The lowest BCUT2D eigenvalue weighted by molar-refractivity contribution is 0.341. The molecule has 108 valence electrons. The summed E-state index contributed by atoms with van der Waals surface area (Å²) in [5.74, 6) is -0.661. The van der Waals surface area contributed by atoms with Gasteiger partial charge < -0.3 is 17.7 Å². The maximum atomic E-state index is 12.8. The van der Waals surface area contributed by atoms with Gasteiger partial charge in [-0.2, -0.15) is 0 Å². The molecule has 0 N–H and O–H groups in total. The number of benzene rings is 1. The molecular weight excluding hydrogens is 280 g/mol. The normalized spacial score (nSPS) is 12.5. The molecule has 0 saturated carbocycles. The Morgan fingerprint density at radius 2 is 1.89 bits per heavy atom. The zero-order chi connectivity index (χ0) is 14.7. The lowest BCUT2D eigenvalue weighted by Gasteiger charge is -2.20. The summed E-state index contributed by atoms with van der Waals surface area (Å²) in [6, 6.07) is 3.72. The zero-order valence-electron chi connectivity index (χ0n) is 10.7. The summed E-state index contributed by atoms with van der Waals surface area (Å²) >= 11 is 0. The molecule has 0 aliphatic rings. The predicted octanol–water partition coefficient (Wildman–Crippen LogP) is 1.86. The van der Waals surface area contributed by atoms with Crippen molar-refractivity contribution >= 4 is 22.3 Å². The molecule has 0 radical (unpaired) electrons. The molecule has 0 heterocycles. The van der Waals surface area contributed by atoms with Gasteiger partial charge in [0.25, 0.3) is 0 Å². The van der Waals surface area contributed by atoms with Crippen LogP contribution in [0.15, 0.2) is 18.2 Å². The molecule has 0 bridgehead atoms. The first-order valence-corrected chi connectivity index (χ1v) is 7.61. The third kappa shape index (κ3) is 4.78. The van der Waals surface area contributed by atoms with E-state index in [0.29, 0.717) is 5.56 Å². The quantitative estimate of drug-likeness (QED) is 0.752. The van der Waals surface area contributed by atoms with Crippen LogP contribution in [0.3, 0.4) is 0 Å². The van der Waals surface area contributed by atoms with E-state index in [2.05, 4.69) is 0 Å². The number of rotatable bonds is 6. The van der Waals surface area contributed by atoms with Crippen molar-refractivity contribution in [3.63, 3.8) is 0 Å². The van der Waals surface area contributed by atoms with E-state index in [1.165, 1.54) is 19.1 Å². The minimum Gasteiger partial charge on any atom is -0.496 e. The lowest BCUT2D eigenvalue weighted by Crippen LogP contribution is -2.36. The predicted molar refractivity (Wildman–Crippen MR) is 69.7 cm³/mol. The van der Waals surface area contributed by atoms with E-state index in [1.54, 1.807) is 6.92 Å². The third-order valence-electron chi connectivity index (χ3n) is 2.61. The van der Waals surface area contributed by atoms with E-state index in [-0.39, 0.29) is 23.9 Å². The SMILES string of the molecule is CCS(=O)(=O)CCOc1ccc(C)cc1[B-](F)(F)F. The molecule has 1 rings (SSSR count). The largest absolute Gasteiger partial charge is 0.513 e. The maximum Gasteiger partial charge on any atom is 0.513 e. The highest BCUT2D eigenvalue weighted by Crippen LogP contribution is 2.19. The minimum atomic E-state index is -5.18. The second-order valence-electron chi connectivity index (χ2n) is 4.20. The summed E-state index contributed by atoms with van der Waals surface area (Å²) in [5.41, 5.74) is -0.350. The van der Waals surface area contributed by atoms with Crippen molar-refractivity contribution < 1.29 is 26.1 Å². The molecular formula is C11H15BF3O3S-. The number of hydrogen-bond acceptors (Lipinski definition) is 3. The van der Waals surface area contributed by atoms with E-state index in [9.17, 15) is 21.4 Å². The number of hydrogen-bond donors (Lipinski definition) is 0. The van der Waals surface area contributed by atoms with Gasteiger partial charge in [0.15, 0.2) is 9.84 Å². The van der Waals surface area contributed by atoms with Gasteiger partial charge in [-0.25, -0.2) is 8.42 Å². The summed E-state index contributed by atoms with van der Waals surface area (Å²) in [4.78, 5) is 0. The molecule has 1 aromatic rings. The first kappa shape index (κ1) is 15.9. The van der Waals surface area contributed by atoms with Gasteiger partial charge in [0.2, 0.25) is 0 Å². The lowest BCUT2D eigenvalue weighted by atomic mass is 9.78. The van der Waals surface area contributed by atoms with Crippen LogP contribution in [-0.2, 0) is 9.84 Å². The van der Waals surface area contributed by atoms with Crippen LogP contribution < -0.4 is 10.2 Å². The fourth-order valence-electron chi connectivity index (χ4n) is 1.48. The highest BCUT2D eigenvalue weighted by Gasteiger charge is 2.29. The van der Waals surface area contributed by atoms with E-state index >= 15 is 0 Å². The Kier molecular flexibility index (Phi) is 4.89. The molecule has 0 amide bonds. The van der Waals surface area contributed by atoms with Crippen LogP contribution in [0, 0.1) is 6.92 Å². The Hall–Kier alpha value is -1.18. The van der Waals surface area contributed by atoms with Crippen molar-refractivity contribution in [3.05, 3.63) is 23.8 Å². The van der Waals surface area contributed by atoms with E-state index in [1.807, 2.05) is 0 Å². The maximum absolute atomic E-state index is 12.8. The Bertz CT molecular complexity index is 541. The van der Waals surface area contributed by atoms with Crippen molar-refractivity contribution in [2.45, 2.75) is 13.8 Å². The topological polar surface area (TPSA) is 43.4 Å². The van der Waals surface area contributed by atoms with Gasteiger partial charge in [0, 0.05) is 5.75 Å². The van der Waals surface area contributed by atoms with Crippen LogP contribution in [0.1, 0.15) is 12.5 Å². The summed E-state index contributed by atoms with van der Waals surface area (Å²) in [6.45, 7) is -2.43. The first-order chi connectivity index (χ1) is 8.65. The average Bonchev–Trinajstić information content (AvgIpc) is 2.29. The third-order valence-corrected chi connectivity index (χ3v) is 4.28. The van der Waals surface area contributed by atoms with Crippen LogP contribution in [0.25, 0.3) is 0 Å². The molecule has 1 aromatic carbocycles. The molecule has 0 aromatic heterocycles. The van der Waals surface area contributed by atoms with Gasteiger partial charge in [0.05, 0.1) is 11.5 Å². The van der Waals surface area contributed by atoms with Gasteiger partial charge in [-0.3, -0.25) is 0 Å². The van der Waals surface area contributed by atoms with Crippen molar-refractivity contribution in [2.75, 3.05) is 18.1 Å². The molecule has 0 unspecified atom stereocenters. The molecule has 0 aliphatic heterocycles. The zero-order valence-corrected chi connectivity index (χ0v) is 11.5. The molecule has 0 saturated heterocycles. The van der Waals surface area contributed by atoms with E-state index in [0.717, 1.165) is 6.07 Å². The van der Waals surface area contributed by atoms with Crippen LogP contribution in [0.2, 0.25) is 0 Å². The monoisotopic (exact) mass is 295 g/mol. The molecule has 0 aliphatic carbocycles. The van der Waals surface area contributed by atoms with Crippen LogP contribution >= 0.6 is 0 Å². The molecule has 19 heavy (non-hydrogen) atoms. The van der Waals surface area contributed by atoms with Crippen molar-refractivity contribution in [2.24, 2.45) is 0 Å². The minimum absolute atomic E-state index is 0.0552. The summed E-state index contributed by atoms with van der Waals surface area (Å²) in [6.07, 6.45) is 0. The van der Waals surface area contributed by atoms with Crippen LogP contribution in [0.5, 0.6) is 5.75 Å². The Morgan fingerprint density at radius 3 is 2.42 bits per heavy atom. The van der Waals surface area contributed by atoms with Crippen LogP contribution in [-0.4, -0.2) is 33.5 Å².